The van der Waals surface area contributed by atoms with E-state index in [-0.39, 0.29) is 18.5 Å². The summed E-state index contributed by atoms with van der Waals surface area (Å²) in [6, 6.07) is 7.88. The largest absolute Gasteiger partial charge is 0.491 e. The van der Waals surface area contributed by atoms with E-state index in [0.717, 1.165) is 50.3 Å². The van der Waals surface area contributed by atoms with E-state index in [1.807, 2.05) is 31.2 Å². The number of likely N-dealkylation sites (tertiary alicyclic amines) is 1. The number of carbonyl (C=O) groups excluding carboxylic acids is 1. The fraction of sp³-hybridized carbons (Fsp3) is 0.571. The van der Waals surface area contributed by atoms with Crippen molar-refractivity contribution in [3.63, 3.8) is 0 Å². The van der Waals surface area contributed by atoms with Crippen molar-refractivity contribution < 1.29 is 19.4 Å². The summed E-state index contributed by atoms with van der Waals surface area (Å²) in [5.74, 6) is 0.613. The fourth-order valence-electron chi connectivity index (χ4n) is 3.18. The van der Waals surface area contributed by atoms with Gasteiger partial charge in [-0.1, -0.05) is 24.3 Å². The molecule has 2 rings (SSSR count). The maximum atomic E-state index is 11.5. The first-order chi connectivity index (χ1) is 13.0. The molecule has 0 aliphatic carbocycles. The topological polar surface area (TPSA) is 71.0 Å². The van der Waals surface area contributed by atoms with Crippen LogP contribution in [0.4, 0.5) is 0 Å². The fourth-order valence-corrected chi connectivity index (χ4v) is 3.18. The highest BCUT2D eigenvalue weighted by atomic mass is 16.5. The summed E-state index contributed by atoms with van der Waals surface area (Å²) in [7, 11) is 1.43. The zero-order valence-electron chi connectivity index (χ0n) is 16.4. The van der Waals surface area contributed by atoms with Crippen LogP contribution in [-0.4, -0.2) is 62.0 Å². The van der Waals surface area contributed by atoms with E-state index in [9.17, 15) is 9.90 Å². The van der Waals surface area contributed by atoms with Gasteiger partial charge in [-0.15, -0.1) is 0 Å². The van der Waals surface area contributed by atoms with E-state index < -0.39 is 6.10 Å². The first-order valence-electron chi connectivity index (χ1n) is 9.53. The van der Waals surface area contributed by atoms with Crippen LogP contribution in [0.5, 0.6) is 5.75 Å². The second kappa shape index (κ2) is 11.1. The molecule has 0 bridgehead atoms. The van der Waals surface area contributed by atoms with Gasteiger partial charge in [-0.2, -0.15) is 0 Å². The Morgan fingerprint density at radius 2 is 2.00 bits per heavy atom. The van der Waals surface area contributed by atoms with Crippen LogP contribution in [0.2, 0.25) is 0 Å². The number of nitrogens with zero attached hydrogens (tertiary/aromatic N) is 1. The van der Waals surface area contributed by atoms with Crippen molar-refractivity contribution >= 4 is 5.97 Å². The lowest BCUT2D eigenvalue weighted by Crippen LogP contribution is -2.42. The molecule has 0 amide bonds. The van der Waals surface area contributed by atoms with Crippen molar-refractivity contribution in [3.8, 4) is 5.75 Å². The molecule has 150 valence electrons. The van der Waals surface area contributed by atoms with Crippen molar-refractivity contribution in [3.05, 3.63) is 42.0 Å². The molecular formula is C21H32N2O4. The number of ether oxygens (including phenoxy) is 2. The average Bonchev–Trinajstić information content (AvgIpc) is 2.67. The average molecular weight is 376 g/mol. The standard InChI is InChI=1S/C21H32N2O4/c1-16(2)12-22-13-17-4-6-20(7-5-17)27-15-19(24)14-23-10-8-18(9-11-23)21(25)26-3/h4-7,18-19,22,24H,1,8-15H2,2-3H3. The number of rotatable bonds is 10. The number of aliphatic hydroxyl groups excluding tert-OH is 1. The number of methoxy groups -OCH3 is 1. The Hall–Kier alpha value is -1.89. The van der Waals surface area contributed by atoms with Crippen molar-refractivity contribution in [1.29, 1.82) is 0 Å². The number of carbonyl (C=O) groups is 1. The molecule has 27 heavy (non-hydrogen) atoms. The van der Waals surface area contributed by atoms with E-state index in [4.69, 9.17) is 9.47 Å². The molecule has 0 spiro atoms. The lowest BCUT2D eigenvalue weighted by molar-refractivity contribution is -0.147. The predicted octanol–water partition coefficient (Wildman–Crippen LogP) is 1.98. The molecule has 1 aliphatic rings. The van der Waals surface area contributed by atoms with Crippen molar-refractivity contribution in [2.75, 3.05) is 39.9 Å². The highest BCUT2D eigenvalue weighted by Crippen LogP contribution is 2.19. The number of benzene rings is 1. The summed E-state index contributed by atoms with van der Waals surface area (Å²) >= 11 is 0. The number of hydrogen-bond donors (Lipinski definition) is 2. The molecule has 2 N–H and O–H groups in total. The first-order valence-corrected chi connectivity index (χ1v) is 9.53. The van der Waals surface area contributed by atoms with Crippen molar-refractivity contribution in [1.82, 2.24) is 10.2 Å². The van der Waals surface area contributed by atoms with Gasteiger partial charge in [0.1, 0.15) is 18.5 Å². The summed E-state index contributed by atoms with van der Waals surface area (Å²) in [6.07, 6.45) is 0.999. The third-order valence-corrected chi connectivity index (χ3v) is 4.71. The summed E-state index contributed by atoms with van der Waals surface area (Å²) in [5.41, 5.74) is 2.29. The molecule has 0 saturated carbocycles. The van der Waals surface area contributed by atoms with Gasteiger partial charge in [-0.3, -0.25) is 4.79 Å². The molecule has 6 heteroatoms. The smallest absolute Gasteiger partial charge is 0.308 e. The van der Waals surface area contributed by atoms with Gasteiger partial charge in [0, 0.05) is 19.6 Å². The minimum atomic E-state index is -0.559. The third kappa shape index (κ3) is 7.71. The van der Waals surface area contributed by atoms with Crippen LogP contribution >= 0.6 is 0 Å². The highest BCUT2D eigenvalue weighted by Gasteiger charge is 2.26. The van der Waals surface area contributed by atoms with Gasteiger partial charge in [0.25, 0.3) is 0 Å². The second-order valence-corrected chi connectivity index (χ2v) is 7.27. The van der Waals surface area contributed by atoms with E-state index in [1.165, 1.54) is 12.7 Å². The Morgan fingerprint density at radius 1 is 1.33 bits per heavy atom. The van der Waals surface area contributed by atoms with Gasteiger partial charge in [-0.05, 0) is 50.6 Å². The summed E-state index contributed by atoms with van der Waals surface area (Å²) < 4.78 is 10.5. The summed E-state index contributed by atoms with van der Waals surface area (Å²) in [6.45, 7) is 9.86. The van der Waals surface area contributed by atoms with Gasteiger partial charge in [0.2, 0.25) is 0 Å². The van der Waals surface area contributed by atoms with E-state index in [0.29, 0.717) is 6.54 Å². The molecule has 0 aromatic heterocycles. The van der Waals surface area contributed by atoms with E-state index in [1.54, 1.807) is 0 Å². The molecule has 1 aliphatic heterocycles. The monoisotopic (exact) mass is 376 g/mol. The zero-order chi connectivity index (χ0) is 19.6. The van der Waals surface area contributed by atoms with Crippen molar-refractivity contribution in [2.24, 2.45) is 5.92 Å². The van der Waals surface area contributed by atoms with Crippen LogP contribution in [0.3, 0.4) is 0 Å². The molecule has 1 heterocycles. The Labute approximate surface area is 162 Å². The molecular weight excluding hydrogens is 344 g/mol. The van der Waals surface area contributed by atoms with Gasteiger partial charge in [0.05, 0.1) is 13.0 Å². The summed E-state index contributed by atoms with van der Waals surface area (Å²) in [5, 5.41) is 13.5. The van der Waals surface area contributed by atoms with Crippen LogP contribution in [0, 0.1) is 5.92 Å². The van der Waals surface area contributed by atoms with Crippen LogP contribution in [-0.2, 0) is 16.1 Å². The van der Waals surface area contributed by atoms with Crippen LogP contribution < -0.4 is 10.1 Å². The minimum Gasteiger partial charge on any atom is -0.491 e. The number of β-amino-alcohol motifs (C(OH)–C–C–N with tert-alkyl or cyclic N) is 1. The van der Waals surface area contributed by atoms with E-state index in [2.05, 4.69) is 16.8 Å². The number of nitrogens with one attached hydrogen (secondary N) is 1. The number of hydrogen-bond acceptors (Lipinski definition) is 6. The molecule has 1 aromatic carbocycles. The molecule has 1 atom stereocenters. The van der Waals surface area contributed by atoms with Crippen LogP contribution in [0.15, 0.2) is 36.4 Å². The quantitative estimate of drug-likeness (QED) is 0.481. The SMILES string of the molecule is C=C(C)CNCc1ccc(OCC(O)CN2CCC(C(=O)OC)CC2)cc1. The first kappa shape index (κ1) is 21.4. The normalized spacial score (nSPS) is 16.7. The van der Waals surface area contributed by atoms with Crippen molar-refractivity contribution in [2.45, 2.75) is 32.4 Å². The Kier molecular flexibility index (Phi) is 8.78. The van der Waals surface area contributed by atoms with Crippen LogP contribution in [0.25, 0.3) is 0 Å². The number of aliphatic hydroxyl groups is 1. The second-order valence-electron chi connectivity index (χ2n) is 7.27. The van der Waals surface area contributed by atoms with Gasteiger partial charge in [-0.25, -0.2) is 0 Å². The van der Waals surface area contributed by atoms with Crippen LogP contribution in [0.1, 0.15) is 25.3 Å². The number of esters is 1. The highest BCUT2D eigenvalue weighted by molar-refractivity contribution is 5.72. The molecule has 6 nitrogen and oxygen atoms in total. The van der Waals surface area contributed by atoms with Gasteiger partial charge in [0.15, 0.2) is 0 Å². The maximum absolute atomic E-state index is 11.5. The maximum Gasteiger partial charge on any atom is 0.308 e. The lowest BCUT2D eigenvalue weighted by atomic mass is 9.97. The van der Waals surface area contributed by atoms with Gasteiger partial charge >= 0.3 is 5.97 Å². The van der Waals surface area contributed by atoms with E-state index >= 15 is 0 Å². The molecule has 1 fully saturated rings. The summed E-state index contributed by atoms with van der Waals surface area (Å²) in [4.78, 5) is 13.7. The Morgan fingerprint density at radius 3 is 2.59 bits per heavy atom. The van der Waals surface area contributed by atoms with Gasteiger partial charge < -0.3 is 24.8 Å². The zero-order valence-corrected chi connectivity index (χ0v) is 16.4. The molecule has 1 aromatic rings. The molecule has 1 saturated heterocycles. The lowest BCUT2D eigenvalue weighted by Gasteiger charge is -2.31. The minimum absolute atomic E-state index is 0.0111. The third-order valence-electron chi connectivity index (χ3n) is 4.71. The Bertz CT molecular complexity index is 595. The Balaban J connectivity index is 1.66. The predicted molar refractivity (Wildman–Crippen MR) is 106 cm³/mol. The molecule has 1 unspecified atom stereocenters. The molecule has 0 radical (unpaired) electrons. The number of piperidine rings is 1.